The zero-order valence-corrected chi connectivity index (χ0v) is 16.9. The average molecular weight is 399 g/mol. The SMILES string of the molecule is O=C(CCSc1nc2ccccc2s1)N1CC[NH+](Cc2ccccc2)CC1. The van der Waals surface area contributed by atoms with Crippen LogP contribution in [0.1, 0.15) is 12.0 Å². The predicted octanol–water partition coefficient (Wildman–Crippen LogP) is 2.71. The molecule has 1 fully saturated rings. The van der Waals surface area contributed by atoms with E-state index in [9.17, 15) is 4.79 Å². The number of benzene rings is 2. The number of aromatic nitrogens is 1. The number of carbonyl (C=O) groups is 1. The zero-order valence-electron chi connectivity index (χ0n) is 15.3. The van der Waals surface area contributed by atoms with E-state index in [-0.39, 0.29) is 5.91 Å². The number of thiazole rings is 1. The van der Waals surface area contributed by atoms with E-state index < -0.39 is 0 Å². The first kappa shape index (κ1) is 18.5. The minimum atomic E-state index is 0.280. The molecule has 0 saturated carbocycles. The number of piperazine rings is 1. The molecule has 1 aliphatic heterocycles. The van der Waals surface area contributed by atoms with E-state index in [4.69, 9.17) is 0 Å². The standard InChI is InChI=1S/C21H23N3OS2/c25-20(10-15-26-21-22-18-8-4-5-9-19(18)27-21)24-13-11-23(12-14-24)16-17-6-2-1-3-7-17/h1-9H,10-16H2/p+1. The molecule has 0 radical (unpaired) electrons. The minimum absolute atomic E-state index is 0.280. The van der Waals surface area contributed by atoms with Crippen LogP contribution in [0.5, 0.6) is 0 Å². The molecule has 0 bridgehead atoms. The molecule has 2 aromatic carbocycles. The minimum Gasteiger partial charge on any atom is -0.331 e. The van der Waals surface area contributed by atoms with Gasteiger partial charge in [0.2, 0.25) is 5.91 Å². The summed E-state index contributed by atoms with van der Waals surface area (Å²) in [5, 5.41) is 0. The molecule has 1 aliphatic rings. The second kappa shape index (κ2) is 8.87. The summed E-state index contributed by atoms with van der Waals surface area (Å²) < 4.78 is 2.27. The topological polar surface area (TPSA) is 37.6 Å². The van der Waals surface area contributed by atoms with Gasteiger partial charge < -0.3 is 9.80 Å². The van der Waals surface area contributed by atoms with E-state index in [1.165, 1.54) is 10.3 Å². The van der Waals surface area contributed by atoms with Gasteiger partial charge in [-0.3, -0.25) is 4.79 Å². The summed E-state index contributed by atoms with van der Waals surface area (Å²) in [6, 6.07) is 18.8. The van der Waals surface area contributed by atoms with Crippen molar-refractivity contribution in [1.29, 1.82) is 0 Å². The summed E-state index contributed by atoms with van der Waals surface area (Å²) in [7, 11) is 0. The molecule has 4 rings (SSSR count). The molecular weight excluding hydrogens is 374 g/mol. The van der Waals surface area contributed by atoms with E-state index in [0.29, 0.717) is 6.42 Å². The van der Waals surface area contributed by atoms with Crippen molar-refractivity contribution in [2.24, 2.45) is 0 Å². The lowest BCUT2D eigenvalue weighted by molar-refractivity contribution is -0.917. The fourth-order valence-corrected chi connectivity index (χ4v) is 5.50. The Morgan fingerprint density at radius 2 is 1.81 bits per heavy atom. The van der Waals surface area contributed by atoms with Crippen LogP contribution >= 0.6 is 23.1 Å². The van der Waals surface area contributed by atoms with Gasteiger partial charge in [-0.05, 0) is 12.1 Å². The number of quaternary nitrogens is 1. The number of hydrogen-bond donors (Lipinski definition) is 1. The van der Waals surface area contributed by atoms with Crippen LogP contribution in [0.3, 0.4) is 0 Å². The number of nitrogens with zero attached hydrogens (tertiary/aromatic N) is 2. The van der Waals surface area contributed by atoms with Gasteiger partial charge in [0.1, 0.15) is 6.54 Å². The van der Waals surface area contributed by atoms with Crippen LogP contribution in [0.15, 0.2) is 58.9 Å². The number of amides is 1. The Hall–Kier alpha value is -1.89. The van der Waals surface area contributed by atoms with Crippen LogP contribution in [-0.2, 0) is 11.3 Å². The van der Waals surface area contributed by atoms with Gasteiger partial charge in [-0.1, -0.05) is 54.2 Å². The third-order valence-electron chi connectivity index (χ3n) is 4.94. The number of thioether (sulfide) groups is 1. The highest BCUT2D eigenvalue weighted by Crippen LogP contribution is 2.29. The molecule has 0 aliphatic carbocycles. The number of para-hydroxylation sites is 1. The largest absolute Gasteiger partial charge is 0.331 e. The molecular formula is C21H24N3OS2+. The first-order valence-corrected chi connectivity index (χ1v) is 11.2. The van der Waals surface area contributed by atoms with Gasteiger partial charge in [0.05, 0.1) is 36.4 Å². The summed E-state index contributed by atoms with van der Waals surface area (Å²) >= 11 is 3.40. The maximum absolute atomic E-state index is 12.5. The Kier molecular flexibility index (Phi) is 6.07. The third-order valence-corrected chi connectivity index (χ3v) is 7.12. The van der Waals surface area contributed by atoms with Gasteiger partial charge in [0.25, 0.3) is 0 Å². The van der Waals surface area contributed by atoms with Crippen LogP contribution in [0.4, 0.5) is 0 Å². The maximum atomic E-state index is 12.5. The Bertz CT molecular complexity index is 856. The fraction of sp³-hybridized carbons (Fsp3) is 0.333. The van der Waals surface area contributed by atoms with Crippen molar-refractivity contribution >= 4 is 39.2 Å². The van der Waals surface area contributed by atoms with Crippen LogP contribution in [0.25, 0.3) is 10.2 Å². The molecule has 0 unspecified atom stereocenters. The van der Waals surface area contributed by atoms with Gasteiger partial charge in [0, 0.05) is 17.7 Å². The highest BCUT2D eigenvalue weighted by Gasteiger charge is 2.23. The monoisotopic (exact) mass is 398 g/mol. The van der Waals surface area contributed by atoms with Gasteiger partial charge in [-0.25, -0.2) is 4.98 Å². The zero-order chi connectivity index (χ0) is 18.5. The van der Waals surface area contributed by atoms with Crippen LogP contribution in [-0.4, -0.2) is 47.7 Å². The lowest BCUT2D eigenvalue weighted by Gasteiger charge is -2.32. The first-order chi connectivity index (χ1) is 13.3. The quantitative estimate of drug-likeness (QED) is 0.649. The van der Waals surface area contributed by atoms with Gasteiger partial charge >= 0.3 is 0 Å². The summed E-state index contributed by atoms with van der Waals surface area (Å²) in [5.74, 6) is 1.08. The van der Waals surface area contributed by atoms with E-state index in [1.54, 1.807) is 28.0 Å². The molecule has 1 aromatic heterocycles. The van der Waals surface area contributed by atoms with Crippen molar-refractivity contribution in [1.82, 2.24) is 9.88 Å². The van der Waals surface area contributed by atoms with Gasteiger partial charge in [0.15, 0.2) is 4.34 Å². The molecule has 0 spiro atoms. The normalized spacial score (nSPS) is 15.3. The summed E-state index contributed by atoms with van der Waals surface area (Å²) in [5.41, 5.74) is 2.42. The molecule has 2 heterocycles. The number of hydrogen-bond acceptors (Lipinski definition) is 4. The maximum Gasteiger partial charge on any atom is 0.223 e. The molecule has 0 atom stereocenters. The van der Waals surface area contributed by atoms with E-state index >= 15 is 0 Å². The van der Waals surface area contributed by atoms with Crippen molar-refractivity contribution in [3.8, 4) is 0 Å². The van der Waals surface area contributed by atoms with Crippen molar-refractivity contribution in [2.75, 3.05) is 31.9 Å². The van der Waals surface area contributed by atoms with Crippen molar-refractivity contribution in [2.45, 2.75) is 17.3 Å². The molecule has 27 heavy (non-hydrogen) atoms. The second-order valence-electron chi connectivity index (χ2n) is 6.84. The van der Waals surface area contributed by atoms with Crippen LogP contribution < -0.4 is 4.90 Å². The fourth-order valence-electron chi connectivity index (χ4n) is 3.43. The Morgan fingerprint density at radius 3 is 2.59 bits per heavy atom. The van der Waals surface area contributed by atoms with E-state index in [1.807, 2.05) is 23.1 Å². The Balaban J connectivity index is 1.20. The van der Waals surface area contributed by atoms with Crippen molar-refractivity contribution in [3.63, 3.8) is 0 Å². The molecule has 3 aromatic rings. The Labute approximate surface area is 168 Å². The van der Waals surface area contributed by atoms with Gasteiger partial charge in [-0.15, -0.1) is 11.3 Å². The van der Waals surface area contributed by atoms with E-state index in [0.717, 1.165) is 48.3 Å². The lowest BCUT2D eigenvalue weighted by Crippen LogP contribution is -3.13. The average Bonchev–Trinajstić information content (AvgIpc) is 3.12. The molecule has 1 amide bonds. The molecule has 6 heteroatoms. The number of nitrogens with one attached hydrogen (secondary N) is 1. The van der Waals surface area contributed by atoms with Crippen molar-refractivity contribution < 1.29 is 9.69 Å². The predicted molar refractivity (Wildman–Crippen MR) is 112 cm³/mol. The highest BCUT2D eigenvalue weighted by molar-refractivity contribution is 8.01. The van der Waals surface area contributed by atoms with Crippen LogP contribution in [0, 0.1) is 0 Å². The lowest BCUT2D eigenvalue weighted by atomic mass is 10.2. The van der Waals surface area contributed by atoms with E-state index in [2.05, 4.69) is 41.4 Å². The highest BCUT2D eigenvalue weighted by atomic mass is 32.2. The van der Waals surface area contributed by atoms with Crippen LogP contribution in [0.2, 0.25) is 0 Å². The van der Waals surface area contributed by atoms with Gasteiger partial charge in [-0.2, -0.15) is 0 Å². The molecule has 1 saturated heterocycles. The molecule has 4 nitrogen and oxygen atoms in total. The summed E-state index contributed by atoms with van der Waals surface area (Å²) in [6.07, 6.45) is 0.592. The third kappa shape index (κ3) is 4.89. The summed E-state index contributed by atoms with van der Waals surface area (Å²) in [6.45, 7) is 4.85. The number of fused-ring (bicyclic) bond motifs is 1. The smallest absolute Gasteiger partial charge is 0.223 e. The Morgan fingerprint density at radius 1 is 1.07 bits per heavy atom. The molecule has 1 N–H and O–H groups in total. The number of rotatable bonds is 6. The summed E-state index contributed by atoms with van der Waals surface area (Å²) in [4.78, 5) is 20.7. The number of carbonyl (C=O) groups excluding carboxylic acids is 1. The van der Waals surface area contributed by atoms with Crippen molar-refractivity contribution in [3.05, 3.63) is 60.2 Å². The first-order valence-electron chi connectivity index (χ1n) is 9.41. The molecule has 140 valence electrons. The second-order valence-corrected chi connectivity index (χ2v) is 9.21.